The molecule has 1 saturated heterocycles. The van der Waals surface area contributed by atoms with Crippen LogP contribution in [0.1, 0.15) is 0 Å². The lowest BCUT2D eigenvalue weighted by atomic mass is 10.2. The van der Waals surface area contributed by atoms with Gasteiger partial charge in [0.05, 0.1) is 26.3 Å². The van der Waals surface area contributed by atoms with Gasteiger partial charge in [0.1, 0.15) is 0 Å². The van der Waals surface area contributed by atoms with Crippen LogP contribution < -0.4 is 0 Å². The van der Waals surface area contributed by atoms with Crippen LogP contribution in [0, 0.1) is 0 Å². The maximum atomic E-state index is 10.7. The van der Waals surface area contributed by atoms with Gasteiger partial charge in [0.25, 0.3) is 8.05 Å². The van der Waals surface area contributed by atoms with Crippen LogP contribution in [0.15, 0.2) is 0 Å². The second kappa shape index (κ2) is 2.92. The van der Waals surface area contributed by atoms with Gasteiger partial charge in [-0.1, -0.05) is 0 Å². The Morgan fingerprint density at radius 1 is 1.70 bits per heavy atom. The monoisotopic (exact) mass is 141 g/mol. The molecule has 0 unspecified atom stereocenters. The number of nitrogens with zero attached hydrogens (tertiary/aromatic N) is 1. The van der Waals surface area contributed by atoms with E-state index in [9.17, 15) is 4.79 Å². The summed E-state index contributed by atoms with van der Waals surface area (Å²) >= 11 is 0. The number of amides is 1. The van der Waals surface area contributed by atoms with Gasteiger partial charge in [-0.3, -0.25) is 0 Å². The van der Waals surface area contributed by atoms with Crippen molar-refractivity contribution in [2.45, 2.75) is 6.10 Å². The van der Waals surface area contributed by atoms with Crippen molar-refractivity contribution >= 4 is 14.1 Å². The third kappa shape index (κ3) is 1.24. The van der Waals surface area contributed by atoms with Crippen molar-refractivity contribution in [2.75, 3.05) is 20.2 Å². The molecule has 4 nitrogen and oxygen atoms in total. The quantitative estimate of drug-likeness (QED) is 0.463. The Hall–Kier alpha value is -0.705. The van der Waals surface area contributed by atoms with Crippen molar-refractivity contribution in [1.29, 1.82) is 0 Å². The first-order valence-electron chi connectivity index (χ1n) is 2.96. The van der Waals surface area contributed by atoms with Crippen LogP contribution in [0.4, 0.5) is 4.79 Å². The van der Waals surface area contributed by atoms with E-state index in [-0.39, 0.29) is 12.2 Å². The summed E-state index contributed by atoms with van der Waals surface area (Å²) < 4.78 is 8.90. The van der Waals surface area contributed by atoms with Crippen molar-refractivity contribution in [1.82, 2.24) is 4.90 Å². The molecule has 1 heterocycles. The lowest BCUT2D eigenvalue weighted by molar-refractivity contribution is 0.0225. The molecular weight excluding hydrogens is 133 g/mol. The van der Waals surface area contributed by atoms with E-state index in [4.69, 9.17) is 8.05 Å². The zero-order valence-electron chi connectivity index (χ0n) is 5.74. The van der Waals surface area contributed by atoms with Crippen LogP contribution in [0.3, 0.4) is 0 Å². The van der Waals surface area contributed by atoms with E-state index in [2.05, 4.69) is 9.39 Å². The molecule has 10 heavy (non-hydrogen) atoms. The van der Waals surface area contributed by atoms with Crippen LogP contribution in [0.2, 0.25) is 0 Å². The van der Waals surface area contributed by atoms with E-state index >= 15 is 0 Å². The molecule has 0 aromatic carbocycles. The molecule has 1 rings (SSSR count). The highest BCUT2D eigenvalue weighted by Crippen LogP contribution is 2.10. The lowest BCUT2D eigenvalue weighted by Crippen LogP contribution is -2.54. The summed E-state index contributed by atoms with van der Waals surface area (Å²) in [7, 11) is 6.21. The maximum absolute atomic E-state index is 10.7. The molecular formula is C5H8BNO3. The average molecular weight is 141 g/mol. The van der Waals surface area contributed by atoms with Gasteiger partial charge in [-0.05, 0) is 0 Å². The molecule has 0 spiro atoms. The average Bonchev–Trinajstić information content (AvgIpc) is 1.85. The van der Waals surface area contributed by atoms with Crippen molar-refractivity contribution in [3.8, 4) is 0 Å². The third-order valence-electron chi connectivity index (χ3n) is 1.47. The number of likely N-dealkylation sites (tertiary alicyclic amines) is 1. The van der Waals surface area contributed by atoms with E-state index < -0.39 is 0 Å². The molecule has 1 amide bonds. The molecule has 0 aromatic heterocycles. The van der Waals surface area contributed by atoms with Gasteiger partial charge in [0, 0.05) is 0 Å². The Morgan fingerprint density at radius 3 is 2.70 bits per heavy atom. The summed E-state index contributed by atoms with van der Waals surface area (Å²) in [5.41, 5.74) is 0. The third-order valence-corrected chi connectivity index (χ3v) is 1.47. The fraction of sp³-hybridized carbons (Fsp3) is 0.800. The van der Waals surface area contributed by atoms with Crippen LogP contribution >= 0.6 is 0 Å². The molecule has 0 aromatic rings. The molecule has 2 radical (unpaired) electrons. The molecule has 1 aliphatic heterocycles. The molecule has 0 aliphatic carbocycles. The number of carbonyl (C=O) groups excluding carboxylic acids is 1. The number of ether oxygens (including phenoxy) is 1. The molecule has 1 aliphatic rings. The van der Waals surface area contributed by atoms with Crippen molar-refractivity contribution in [2.24, 2.45) is 0 Å². The van der Waals surface area contributed by atoms with Crippen LogP contribution in [0.5, 0.6) is 0 Å². The first kappa shape index (κ1) is 7.40. The van der Waals surface area contributed by atoms with Crippen LogP contribution in [0.25, 0.3) is 0 Å². The Kier molecular flexibility index (Phi) is 2.16. The molecule has 0 atom stereocenters. The number of rotatable bonds is 1. The highest BCUT2D eigenvalue weighted by atomic mass is 16.5. The number of hydrogen-bond donors (Lipinski definition) is 0. The smallest absolute Gasteiger partial charge is 0.409 e. The van der Waals surface area contributed by atoms with Gasteiger partial charge in [-0.2, -0.15) is 0 Å². The number of hydrogen-bond acceptors (Lipinski definition) is 3. The minimum absolute atomic E-state index is 0.0147. The van der Waals surface area contributed by atoms with Crippen molar-refractivity contribution in [3.63, 3.8) is 0 Å². The van der Waals surface area contributed by atoms with Gasteiger partial charge in [-0.15, -0.1) is 0 Å². The normalized spacial score (nSPS) is 18.3. The summed E-state index contributed by atoms with van der Waals surface area (Å²) in [4.78, 5) is 12.2. The van der Waals surface area contributed by atoms with E-state index in [1.54, 1.807) is 0 Å². The van der Waals surface area contributed by atoms with Crippen LogP contribution in [-0.2, 0) is 9.39 Å². The molecule has 5 heteroatoms. The van der Waals surface area contributed by atoms with Gasteiger partial charge < -0.3 is 14.3 Å². The Bertz CT molecular complexity index is 135. The summed E-state index contributed by atoms with van der Waals surface area (Å²) in [6, 6.07) is 0. The second-order valence-corrected chi connectivity index (χ2v) is 2.13. The van der Waals surface area contributed by atoms with Gasteiger partial charge in [0.15, 0.2) is 0 Å². The first-order valence-corrected chi connectivity index (χ1v) is 2.96. The summed E-state index contributed by atoms with van der Waals surface area (Å²) in [5, 5.41) is 0. The largest absolute Gasteiger partial charge is 0.453 e. The SMILES string of the molecule is [B]OC1CN(C(=O)OC)C1. The fourth-order valence-corrected chi connectivity index (χ4v) is 0.802. The molecule has 1 fully saturated rings. The van der Waals surface area contributed by atoms with Gasteiger partial charge in [0.2, 0.25) is 0 Å². The maximum Gasteiger partial charge on any atom is 0.409 e. The van der Waals surface area contributed by atoms with Crippen molar-refractivity contribution < 1.29 is 14.2 Å². The van der Waals surface area contributed by atoms with Crippen LogP contribution in [-0.4, -0.2) is 45.3 Å². The highest BCUT2D eigenvalue weighted by molar-refractivity contribution is 5.98. The second-order valence-electron chi connectivity index (χ2n) is 2.13. The van der Waals surface area contributed by atoms with E-state index in [1.165, 1.54) is 12.0 Å². The van der Waals surface area contributed by atoms with E-state index in [1.807, 2.05) is 0 Å². The summed E-state index contributed by atoms with van der Waals surface area (Å²) in [6.45, 7) is 1.06. The Morgan fingerprint density at radius 2 is 2.30 bits per heavy atom. The lowest BCUT2D eigenvalue weighted by Gasteiger charge is -2.37. The van der Waals surface area contributed by atoms with Crippen molar-refractivity contribution in [3.05, 3.63) is 0 Å². The molecule has 54 valence electrons. The minimum Gasteiger partial charge on any atom is -0.453 e. The minimum atomic E-state index is -0.326. The first-order chi connectivity index (χ1) is 4.77. The van der Waals surface area contributed by atoms with Gasteiger partial charge in [-0.25, -0.2) is 4.79 Å². The van der Waals surface area contributed by atoms with E-state index in [0.29, 0.717) is 13.1 Å². The molecule has 0 N–H and O–H groups in total. The highest BCUT2D eigenvalue weighted by Gasteiger charge is 2.30. The molecule has 0 saturated carbocycles. The van der Waals surface area contributed by atoms with E-state index in [0.717, 1.165) is 0 Å². The standard InChI is InChI=1S/C5H8BNO3/c1-9-5(8)7-2-4(3-7)10-6/h4H,2-3H2,1H3. The topological polar surface area (TPSA) is 38.8 Å². The number of carbonyl (C=O) groups is 1. The fourth-order valence-electron chi connectivity index (χ4n) is 0.802. The zero-order chi connectivity index (χ0) is 7.56. The summed E-state index contributed by atoms with van der Waals surface area (Å²) in [5.74, 6) is 0. The Labute approximate surface area is 60.5 Å². The predicted octanol–water partition coefficient (Wildman–Crippen LogP) is -0.463. The molecule has 0 bridgehead atoms. The zero-order valence-corrected chi connectivity index (χ0v) is 5.74. The Balaban J connectivity index is 2.19. The number of methoxy groups -OCH3 is 1. The van der Waals surface area contributed by atoms with Gasteiger partial charge >= 0.3 is 6.09 Å². The predicted molar refractivity (Wildman–Crippen MR) is 34.6 cm³/mol. The summed E-state index contributed by atoms with van der Waals surface area (Å²) in [6.07, 6.45) is -0.340.